The molecule has 8 heteroatoms. The van der Waals surface area contributed by atoms with E-state index >= 15 is 0 Å². The molecule has 0 unspecified atom stereocenters. The predicted octanol–water partition coefficient (Wildman–Crippen LogP) is 5.72. The highest BCUT2D eigenvalue weighted by Crippen LogP contribution is 2.31. The Morgan fingerprint density at radius 2 is 1.77 bits per heavy atom. The quantitative estimate of drug-likeness (QED) is 0.311. The summed E-state index contributed by atoms with van der Waals surface area (Å²) in [6, 6.07) is 22.6. The number of halogens is 1. The molecule has 0 aliphatic carbocycles. The lowest BCUT2D eigenvalue weighted by atomic mass is 10.2. The highest BCUT2D eigenvalue weighted by molar-refractivity contribution is 9.10. The van der Waals surface area contributed by atoms with Gasteiger partial charge in [-0.3, -0.25) is 9.59 Å². The molecule has 3 aromatic carbocycles. The van der Waals surface area contributed by atoms with E-state index in [1.165, 1.54) is 23.1 Å². The fourth-order valence-corrected chi connectivity index (χ4v) is 5.02. The van der Waals surface area contributed by atoms with Gasteiger partial charge < -0.3 is 10.6 Å². The van der Waals surface area contributed by atoms with Crippen molar-refractivity contribution in [3.05, 3.63) is 88.4 Å². The molecule has 0 spiro atoms. The van der Waals surface area contributed by atoms with Crippen molar-refractivity contribution in [1.82, 2.24) is 10.3 Å². The van der Waals surface area contributed by atoms with Crippen molar-refractivity contribution < 1.29 is 9.59 Å². The van der Waals surface area contributed by atoms with E-state index < -0.39 is 0 Å². The topological polar surface area (TPSA) is 71.1 Å². The largest absolute Gasteiger partial charge is 0.351 e. The number of aromatic nitrogens is 1. The van der Waals surface area contributed by atoms with E-state index in [2.05, 4.69) is 31.5 Å². The lowest BCUT2D eigenvalue weighted by molar-refractivity contribution is -0.118. The number of thiazole rings is 1. The Morgan fingerprint density at radius 1 is 1.00 bits per heavy atom. The average Bonchev–Trinajstić information content (AvgIpc) is 3.19. The van der Waals surface area contributed by atoms with Gasteiger partial charge in [0, 0.05) is 22.3 Å². The summed E-state index contributed by atoms with van der Waals surface area (Å²) in [5.74, 6) is 0.108. The minimum absolute atomic E-state index is 0.0319. The Morgan fingerprint density at radius 3 is 2.55 bits per heavy atom. The van der Waals surface area contributed by atoms with E-state index in [-0.39, 0.29) is 11.8 Å². The number of anilines is 1. The van der Waals surface area contributed by atoms with Gasteiger partial charge in [0.25, 0.3) is 5.91 Å². The van der Waals surface area contributed by atoms with E-state index in [4.69, 9.17) is 0 Å². The Hall–Kier alpha value is -2.68. The van der Waals surface area contributed by atoms with Crippen LogP contribution in [0.15, 0.2) is 81.6 Å². The Balaban J connectivity index is 1.34. The molecule has 4 rings (SSSR count). The van der Waals surface area contributed by atoms with Crippen molar-refractivity contribution in [2.45, 2.75) is 10.9 Å². The van der Waals surface area contributed by atoms with Crippen LogP contribution in [-0.4, -0.2) is 22.6 Å². The van der Waals surface area contributed by atoms with Crippen LogP contribution in [0.2, 0.25) is 0 Å². The maximum Gasteiger partial charge on any atom is 0.255 e. The van der Waals surface area contributed by atoms with Crippen molar-refractivity contribution in [3.63, 3.8) is 0 Å². The standard InChI is InChI=1S/C23H18BrN3O2S2/c24-17-8-6-16(7-9-17)22(29)26-18-10-11-19-20(12-18)31-23(27-19)30-14-21(28)25-13-15-4-2-1-3-5-15/h1-12H,13-14H2,(H,25,28)(H,26,29). The molecule has 0 atom stereocenters. The van der Waals surface area contributed by atoms with E-state index in [1.54, 1.807) is 12.1 Å². The normalized spacial score (nSPS) is 10.7. The van der Waals surface area contributed by atoms with Gasteiger partial charge in [0.1, 0.15) is 0 Å². The number of nitrogens with one attached hydrogen (secondary N) is 2. The molecule has 1 heterocycles. The van der Waals surface area contributed by atoms with E-state index in [1.807, 2.05) is 60.7 Å². The molecule has 0 radical (unpaired) electrons. The number of carbonyl (C=O) groups is 2. The monoisotopic (exact) mass is 511 g/mol. The third-order valence-electron chi connectivity index (χ3n) is 4.39. The maximum atomic E-state index is 12.4. The highest BCUT2D eigenvalue weighted by Gasteiger charge is 2.10. The minimum atomic E-state index is -0.166. The van der Waals surface area contributed by atoms with Crippen LogP contribution in [0.4, 0.5) is 5.69 Å². The van der Waals surface area contributed by atoms with Crippen LogP contribution < -0.4 is 10.6 Å². The Kier molecular flexibility index (Phi) is 7.01. The van der Waals surface area contributed by atoms with Crippen LogP contribution in [0.25, 0.3) is 10.2 Å². The van der Waals surface area contributed by atoms with Gasteiger partial charge in [-0.05, 0) is 48.0 Å². The van der Waals surface area contributed by atoms with Crippen LogP contribution in [-0.2, 0) is 11.3 Å². The van der Waals surface area contributed by atoms with Gasteiger partial charge in [-0.25, -0.2) is 4.98 Å². The number of hydrogen-bond donors (Lipinski definition) is 2. The number of fused-ring (bicyclic) bond motifs is 1. The summed E-state index contributed by atoms with van der Waals surface area (Å²) >= 11 is 6.29. The van der Waals surface area contributed by atoms with Gasteiger partial charge >= 0.3 is 0 Å². The summed E-state index contributed by atoms with van der Waals surface area (Å²) in [5, 5.41) is 5.83. The molecule has 0 fully saturated rings. The van der Waals surface area contributed by atoms with Crippen LogP contribution in [0, 0.1) is 0 Å². The van der Waals surface area contributed by atoms with Gasteiger partial charge in [-0.15, -0.1) is 11.3 Å². The van der Waals surface area contributed by atoms with Gasteiger partial charge in [-0.1, -0.05) is 58.0 Å². The molecule has 0 bridgehead atoms. The molecular weight excluding hydrogens is 494 g/mol. The van der Waals surface area contributed by atoms with Gasteiger partial charge in [0.05, 0.1) is 16.0 Å². The molecule has 1 aromatic heterocycles. The first kappa shape index (κ1) is 21.5. The molecule has 31 heavy (non-hydrogen) atoms. The lowest BCUT2D eigenvalue weighted by Crippen LogP contribution is -2.24. The highest BCUT2D eigenvalue weighted by atomic mass is 79.9. The zero-order valence-corrected chi connectivity index (χ0v) is 19.5. The van der Waals surface area contributed by atoms with Crippen molar-refractivity contribution in [1.29, 1.82) is 0 Å². The Bertz CT molecular complexity index is 1210. The zero-order valence-electron chi connectivity index (χ0n) is 16.3. The summed E-state index contributed by atoms with van der Waals surface area (Å²) in [5.41, 5.74) is 3.21. The second kappa shape index (κ2) is 10.1. The SMILES string of the molecule is O=C(CSc1nc2ccc(NC(=O)c3ccc(Br)cc3)cc2s1)NCc1ccccc1. The summed E-state index contributed by atoms with van der Waals surface area (Å²) in [6.45, 7) is 0.515. The first-order valence-electron chi connectivity index (χ1n) is 9.48. The van der Waals surface area contributed by atoms with Gasteiger partial charge in [0.15, 0.2) is 4.34 Å². The number of carbonyl (C=O) groups excluding carboxylic acids is 2. The molecule has 0 saturated carbocycles. The van der Waals surface area contributed by atoms with E-state index in [0.29, 0.717) is 23.5 Å². The van der Waals surface area contributed by atoms with Crippen molar-refractivity contribution in [3.8, 4) is 0 Å². The number of rotatable bonds is 7. The van der Waals surface area contributed by atoms with E-state index in [0.717, 1.165) is 24.6 Å². The van der Waals surface area contributed by atoms with Crippen LogP contribution in [0.3, 0.4) is 0 Å². The molecule has 2 N–H and O–H groups in total. The van der Waals surface area contributed by atoms with Crippen LogP contribution in [0.1, 0.15) is 15.9 Å². The summed E-state index contributed by atoms with van der Waals surface area (Å²) in [7, 11) is 0. The molecule has 5 nitrogen and oxygen atoms in total. The summed E-state index contributed by atoms with van der Waals surface area (Å²) < 4.78 is 2.70. The van der Waals surface area contributed by atoms with Crippen LogP contribution >= 0.6 is 39.0 Å². The summed E-state index contributed by atoms with van der Waals surface area (Å²) in [4.78, 5) is 29.1. The Labute approximate surface area is 196 Å². The number of nitrogens with zero attached hydrogens (tertiary/aromatic N) is 1. The lowest BCUT2D eigenvalue weighted by Gasteiger charge is -2.05. The second-order valence-electron chi connectivity index (χ2n) is 6.67. The number of hydrogen-bond acceptors (Lipinski definition) is 5. The fraction of sp³-hybridized carbons (Fsp3) is 0.0870. The molecule has 156 valence electrons. The number of thioether (sulfide) groups is 1. The summed E-state index contributed by atoms with van der Waals surface area (Å²) in [6.07, 6.45) is 0. The van der Waals surface area contributed by atoms with Crippen LogP contribution in [0.5, 0.6) is 0 Å². The zero-order chi connectivity index (χ0) is 21.6. The second-order valence-corrected chi connectivity index (χ2v) is 9.84. The van der Waals surface area contributed by atoms with E-state index in [9.17, 15) is 9.59 Å². The predicted molar refractivity (Wildman–Crippen MR) is 131 cm³/mol. The molecular formula is C23H18BrN3O2S2. The van der Waals surface area contributed by atoms with Crippen molar-refractivity contribution >= 4 is 66.7 Å². The smallest absolute Gasteiger partial charge is 0.255 e. The van der Waals surface area contributed by atoms with Gasteiger partial charge in [0.2, 0.25) is 5.91 Å². The molecule has 0 aliphatic heterocycles. The first-order chi connectivity index (χ1) is 15.1. The molecule has 0 saturated heterocycles. The van der Waals surface area contributed by atoms with Crippen molar-refractivity contribution in [2.24, 2.45) is 0 Å². The molecule has 2 amide bonds. The minimum Gasteiger partial charge on any atom is -0.351 e. The third kappa shape index (κ3) is 5.94. The molecule has 0 aliphatic rings. The number of amides is 2. The fourth-order valence-electron chi connectivity index (χ4n) is 2.82. The maximum absolute atomic E-state index is 12.4. The number of benzene rings is 3. The van der Waals surface area contributed by atoms with Gasteiger partial charge in [-0.2, -0.15) is 0 Å². The van der Waals surface area contributed by atoms with Crippen molar-refractivity contribution in [2.75, 3.05) is 11.1 Å². The molecule has 4 aromatic rings. The third-order valence-corrected chi connectivity index (χ3v) is 7.08. The average molecular weight is 512 g/mol. The first-order valence-corrected chi connectivity index (χ1v) is 12.1.